The van der Waals surface area contributed by atoms with Gasteiger partial charge in [-0.15, -0.1) is 0 Å². The SMILES string of the molecule is Cc1nc(CNc2nc3cccc(Cl)c3s2)oc1C. The standard InChI is InChI=1S/C13H12ClN3OS/c1-7-8(2)18-11(16-7)6-15-13-17-10-5-3-4-9(14)12(10)19-13/h3-5H,6H2,1-2H3,(H,15,17). The summed E-state index contributed by atoms with van der Waals surface area (Å²) in [6.45, 7) is 4.36. The summed E-state index contributed by atoms with van der Waals surface area (Å²) in [4.78, 5) is 8.79. The molecule has 1 N–H and O–H groups in total. The van der Waals surface area contributed by atoms with Gasteiger partial charge in [-0.25, -0.2) is 9.97 Å². The number of fused-ring (bicyclic) bond motifs is 1. The van der Waals surface area contributed by atoms with Crippen molar-refractivity contribution in [2.45, 2.75) is 20.4 Å². The second-order valence-electron chi connectivity index (χ2n) is 4.21. The summed E-state index contributed by atoms with van der Waals surface area (Å²) < 4.78 is 6.50. The monoisotopic (exact) mass is 293 g/mol. The first kappa shape index (κ1) is 12.4. The predicted octanol–water partition coefficient (Wildman–Crippen LogP) is 4.17. The molecule has 0 atom stereocenters. The van der Waals surface area contributed by atoms with E-state index in [9.17, 15) is 0 Å². The molecule has 0 aliphatic heterocycles. The summed E-state index contributed by atoms with van der Waals surface area (Å²) in [7, 11) is 0. The van der Waals surface area contributed by atoms with Gasteiger partial charge in [-0.1, -0.05) is 29.0 Å². The number of hydrogen-bond donors (Lipinski definition) is 1. The molecular formula is C13H12ClN3OS. The van der Waals surface area contributed by atoms with Crippen LogP contribution < -0.4 is 5.32 Å². The van der Waals surface area contributed by atoms with E-state index in [2.05, 4.69) is 15.3 Å². The van der Waals surface area contributed by atoms with Gasteiger partial charge >= 0.3 is 0 Å². The fraction of sp³-hybridized carbons (Fsp3) is 0.231. The molecule has 3 aromatic rings. The molecule has 0 unspecified atom stereocenters. The first-order valence-electron chi connectivity index (χ1n) is 5.85. The van der Waals surface area contributed by atoms with Crippen molar-refractivity contribution in [3.05, 3.63) is 40.6 Å². The maximum Gasteiger partial charge on any atom is 0.214 e. The molecule has 1 aromatic carbocycles. The van der Waals surface area contributed by atoms with Crippen LogP contribution in [0, 0.1) is 13.8 Å². The lowest BCUT2D eigenvalue weighted by Crippen LogP contribution is -1.98. The first-order chi connectivity index (χ1) is 9.13. The van der Waals surface area contributed by atoms with Gasteiger partial charge in [-0.05, 0) is 26.0 Å². The molecule has 2 aromatic heterocycles. The zero-order valence-electron chi connectivity index (χ0n) is 10.5. The number of benzene rings is 1. The number of anilines is 1. The van der Waals surface area contributed by atoms with Crippen molar-refractivity contribution in [2.24, 2.45) is 0 Å². The van der Waals surface area contributed by atoms with E-state index in [0.29, 0.717) is 12.4 Å². The lowest BCUT2D eigenvalue weighted by molar-refractivity contribution is 0.478. The van der Waals surface area contributed by atoms with E-state index < -0.39 is 0 Å². The number of oxazole rings is 1. The molecule has 0 saturated heterocycles. The van der Waals surface area contributed by atoms with E-state index in [1.54, 1.807) is 0 Å². The third kappa shape index (κ3) is 2.43. The minimum Gasteiger partial charge on any atom is -0.444 e. The molecule has 0 radical (unpaired) electrons. The Morgan fingerprint density at radius 2 is 2.16 bits per heavy atom. The van der Waals surface area contributed by atoms with Gasteiger partial charge in [0, 0.05) is 0 Å². The van der Waals surface area contributed by atoms with Gasteiger partial charge in [0.2, 0.25) is 5.89 Å². The van der Waals surface area contributed by atoms with Gasteiger partial charge in [-0.3, -0.25) is 0 Å². The van der Waals surface area contributed by atoms with Crippen LogP contribution in [0.4, 0.5) is 5.13 Å². The predicted molar refractivity (Wildman–Crippen MR) is 77.9 cm³/mol. The molecule has 0 aliphatic carbocycles. The molecule has 2 heterocycles. The Labute approximate surface area is 119 Å². The molecule has 4 nitrogen and oxygen atoms in total. The molecule has 0 fully saturated rings. The largest absolute Gasteiger partial charge is 0.444 e. The Morgan fingerprint density at radius 3 is 2.84 bits per heavy atom. The Kier molecular flexibility index (Phi) is 3.16. The molecule has 0 spiro atoms. The molecule has 6 heteroatoms. The third-order valence-corrected chi connectivity index (χ3v) is 4.32. The Bertz CT molecular complexity index is 715. The van der Waals surface area contributed by atoms with Crippen LogP contribution in [0.15, 0.2) is 22.6 Å². The van der Waals surface area contributed by atoms with E-state index in [4.69, 9.17) is 16.0 Å². The summed E-state index contributed by atoms with van der Waals surface area (Å²) in [5.74, 6) is 1.52. The smallest absolute Gasteiger partial charge is 0.214 e. The molecule has 3 rings (SSSR count). The summed E-state index contributed by atoms with van der Waals surface area (Å²) in [6, 6.07) is 5.71. The summed E-state index contributed by atoms with van der Waals surface area (Å²) in [6.07, 6.45) is 0. The number of rotatable bonds is 3. The van der Waals surface area contributed by atoms with Crippen LogP contribution in [0.5, 0.6) is 0 Å². The summed E-state index contributed by atoms with van der Waals surface area (Å²) in [5.41, 5.74) is 1.82. The highest BCUT2D eigenvalue weighted by Crippen LogP contribution is 2.31. The number of nitrogens with one attached hydrogen (secondary N) is 1. The molecule has 0 saturated carbocycles. The molecule has 0 bridgehead atoms. The van der Waals surface area contributed by atoms with E-state index in [0.717, 1.165) is 31.8 Å². The van der Waals surface area contributed by atoms with E-state index in [1.807, 2.05) is 32.0 Å². The lowest BCUT2D eigenvalue weighted by atomic mass is 10.3. The number of aryl methyl sites for hydroxylation is 2. The van der Waals surface area contributed by atoms with Gasteiger partial charge in [0.1, 0.15) is 5.76 Å². The number of aromatic nitrogens is 2. The second-order valence-corrected chi connectivity index (χ2v) is 5.62. The van der Waals surface area contributed by atoms with Gasteiger partial charge in [-0.2, -0.15) is 0 Å². The van der Waals surface area contributed by atoms with E-state index in [-0.39, 0.29) is 0 Å². The van der Waals surface area contributed by atoms with Gasteiger partial charge in [0.05, 0.1) is 27.5 Å². The van der Waals surface area contributed by atoms with Crippen molar-refractivity contribution in [3.8, 4) is 0 Å². The first-order valence-corrected chi connectivity index (χ1v) is 7.05. The van der Waals surface area contributed by atoms with Crippen LogP contribution in [-0.4, -0.2) is 9.97 Å². The normalized spacial score (nSPS) is 11.1. The van der Waals surface area contributed by atoms with Crippen molar-refractivity contribution in [1.82, 2.24) is 9.97 Å². The summed E-state index contributed by atoms with van der Waals surface area (Å²) >= 11 is 7.65. The fourth-order valence-electron chi connectivity index (χ4n) is 1.76. The van der Waals surface area contributed by atoms with Crippen LogP contribution in [0.2, 0.25) is 5.02 Å². The molecule has 0 amide bonds. The van der Waals surface area contributed by atoms with Crippen LogP contribution in [0.3, 0.4) is 0 Å². The highest BCUT2D eigenvalue weighted by atomic mass is 35.5. The Hall–Kier alpha value is -1.59. The van der Waals surface area contributed by atoms with Crippen molar-refractivity contribution in [1.29, 1.82) is 0 Å². The van der Waals surface area contributed by atoms with Crippen LogP contribution in [0.25, 0.3) is 10.2 Å². The third-order valence-electron chi connectivity index (χ3n) is 2.83. The average molecular weight is 294 g/mol. The average Bonchev–Trinajstić information content (AvgIpc) is 2.92. The number of hydrogen-bond acceptors (Lipinski definition) is 5. The maximum absolute atomic E-state index is 6.12. The van der Waals surface area contributed by atoms with Gasteiger partial charge < -0.3 is 9.73 Å². The zero-order chi connectivity index (χ0) is 13.4. The minimum atomic E-state index is 0.520. The fourth-order valence-corrected chi connectivity index (χ4v) is 2.91. The van der Waals surface area contributed by atoms with Crippen LogP contribution in [0.1, 0.15) is 17.3 Å². The van der Waals surface area contributed by atoms with Crippen LogP contribution >= 0.6 is 22.9 Å². The van der Waals surface area contributed by atoms with Crippen molar-refractivity contribution < 1.29 is 4.42 Å². The van der Waals surface area contributed by atoms with Gasteiger partial charge in [0.25, 0.3) is 0 Å². The maximum atomic E-state index is 6.12. The number of halogens is 1. The molecule has 19 heavy (non-hydrogen) atoms. The molecule has 98 valence electrons. The zero-order valence-corrected chi connectivity index (χ0v) is 12.1. The van der Waals surface area contributed by atoms with Crippen molar-refractivity contribution in [3.63, 3.8) is 0 Å². The summed E-state index contributed by atoms with van der Waals surface area (Å²) in [5, 5.41) is 4.75. The van der Waals surface area contributed by atoms with Crippen molar-refractivity contribution >= 4 is 38.3 Å². The van der Waals surface area contributed by atoms with E-state index >= 15 is 0 Å². The van der Waals surface area contributed by atoms with Gasteiger partial charge in [0.15, 0.2) is 5.13 Å². The second kappa shape index (κ2) is 4.83. The topological polar surface area (TPSA) is 51.0 Å². The minimum absolute atomic E-state index is 0.520. The van der Waals surface area contributed by atoms with Crippen molar-refractivity contribution in [2.75, 3.05) is 5.32 Å². The highest BCUT2D eigenvalue weighted by Gasteiger charge is 2.09. The van der Waals surface area contributed by atoms with E-state index in [1.165, 1.54) is 11.3 Å². The molecular weight excluding hydrogens is 282 g/mol. The quantitative estimate of drug-likeness (QED) is 0.787. The lowest BCUT2D eigenvalue weighted by Gasteiger charge is -1.96. The number of thiazole rings is 1. The highest BCUT2D eigenvalue weighted by molar-refractivity contribution is 7.22. The van der Waals surface area contributed by atoms with Crippen LogP contribution in [-0.2, 0) is 6.54 Å². The number of nitrogens with zero attached hydrogens (tertiary/aromatic N) is 2. The molecule has 0 aliphatic rings. The Balaban J connectivity index is 1.80. The Morgan fingerprint density at radius 1 is 1.32 bits per heavy atom.